The van der Waals surface area contributed by atoms with Crippen molar-refractivity contribution in [1.29, 1.82) is 0 Å². The first-order chi connectivity index (χ1) is 13.2. The lowest BCUT2D eigenvalue weighted by molar-refractivity contribution is 0.849. The molecule has 4 rings (SSSR count). The molecule has 0 aliphatic carbocycles. The number of hydrogen-bond donors (Lipinski definition) is 2. The second-order valence-electron chi connectivity index (χ2n) is 5.58. The van der Waals surface area contributed by atoms with E-state index < -0.39 is 0 Å². The van der Waals surface area contributed by atoms with Crippen molar-refractivity contribution < 1.29 is 0 Å². The molecule has 0 spiro atoms. The molecular weight excluding hydrogens is 380 g/mol. The van der Waals surface area contributed by atoms with Crippen LogP contribution in [0.25, 0.3) is 5.69 Å². The summed E-state index contributed by atoms with van der Waals surface area (Å²) < 4.78 is 2.05. The highest BCUT2D eigenvalue weighted by Crippen LogP contribution is 2.26. The van der Waals surface area contributed by atoms with E-state index in [1.165, 1.54) is 16.6 Å². The third-order valence-electron chi connectivity index (χ3n) is 3.67. The standard InChI is InChI=1S/C17H16N8S2/c18-15-20-13(21-16(19)22-15)10-27-17-24-23-14(9-12-7-4-8-26-12)25(17)11-5-2-1-3-6-11/h1-8H,9-10H2,(H4,18,19,20,21,22). The van der Waals surface area contributed by atoms with Crippen molar-refractivity contribution in [1.82, 2.24) is 29.7 Å². The van der Waals surface area contributed by atoms with Gasteiger partial charge >= 0.3 is 0 Å². The number of thiophene rings is 1. The SMILES string of the molecule is Nc1nc(N)nc(CSc2nnc(Cc3cccs3)n2-c2ccccc2)n1. The van der Waals surface area contributed by atoms with E-state index in [1.54, 1.807) is 11.3 Å². The van der Waals surface area contributed by atoms with Gasteiger partial charge in [0.1, 0.15) is 11.6 Å². The minimum absolute atomic E-state index is 0.112. The number of nitrogens with zero attached hydrogens (tertiary/aromatic N) is 6. The molecule has 0 radical (unpaired) electrons. The predicted molar refractivity (Wildman–Crippen MR) is 107 cm³/mol. The summed E-state index contributed by atoms with van der Waals surface area (Å²) in [5.41, 5.74) is 12.3. The number of nitrogen functional groups attached to an aromatic ring is 2. The molecule has 0 saturated carbocycles. The van der Waals surface area contributed by atoms with Gasteiger partial charge in [-0.05, 0) is 23.6 Å². The number of hydrogen-bond acceptors (Lipinski definition) is 9. The lowest BCUT2D eigenvalue weighted by Crippen LogP contribution is -2.07. The Morgan fingerprint density at radius 1 is 0.926 bits per heavy atom. The fourth-order valence-corrected chi connectivity index (χ4v) is 4.09. The summed E-state index contributed by atoms with van der Waals surface area (Å²) in [5.74, 6) is 2.07. The number of nitrogens with two attached hydrogens (primary N) is 2. The Labute approximate surface area is 163 Å². The minimum atomic E-state index is 0.112. The number of benzene rings is 1. The third-order valence-corrected chi connectivity index (χ3v) is 5.48. The summed E-state index contributed by atoms with van der Waals surface area (Å²) in [6.07, 6.45) is 0.714. The largest absolute Gasteiger partial charge is 0.368 e. The van der Waals surface area contributed by atoms with Crippen LogP contribution in [0.15, 0.2) is 53.0 Å². The first-order valence-corrected chi connectivity index (χ1v) is 9.96. The molecule has 0 unspecified atom stereocenters. The average molecular weight is 397 g/mol. The molecule has 0 aliphatic rings. The molecule has 3 aromatic heterocycles. The van der Waals surface area contributed by atoms with E-state index in [-0.39, 0.29) is 11.9 Å². The number of para-hydroxylation sites is 1. The van der Waals surface area contributed by atoms with Crippen LogP contribution >= 0.6 is 23.1 Å². The molecule has 4 N–H and O–H groups in total. The van der Waals surface area contributed by atoms with Crippen molar-refractivity contribution >= 4 is 35.0 Å². The molecule has 0 aliphatic heterocycles. The van der Waals surface area contributed by atoms with Crippen LogP contribution in [0.1, 0.15) is 16.5 Å². The van der Waals surface area contributed by atoms with Gasteiger partial charge in [0.2, 0.25) is 11.9 Å². The number of rotatable bonds is 6. The summed E-state index contributed by atoms with van der Waals surface area (Å²) in [7, 11) is 0. The van der Waals surface area contributed by atoms with Crippen LogP contribution in [0.3, 0.4) is 0 Å². The molecule has 3 heterocycles. The van der Waals surface area contributed by atoms with Crippen molar-refractivity contribution in [3.8, 4) is 5.69 Å². The fourth-order valence-electron chi connectivity index (χ4n) is 2.56. The van der Waals surface area contributed by atoms with Gasteiger partial charge in [0.05, 0.1) is 5.75 Å². The normalized spacial score (nSPS) is 11.0. The van der Waals surface area contributed by atoms with Gasteiger partial charge in [-0.2, -0.15) is 15.0 Å². The lowest BCUT2D eigenvalue weighted by Gasteiger charge is -2.09. The third kappa shape index (κ3) is 4.07. The van der Waals surface area contributed by atoms with Crippen molar-refractivity contribution in [3.63, 3.8) is 0 Å². The number of thioether (sulfide) groups is 1. The Bertz CT molecular complexity index is 1010. The monoisotopic (exact) mass is 396 g/mol. The van der Waals surface area contributed by atoms with E-state index in [2.05, 4.69) is 41.2 Å². The Morgan fingerprint density at radius 2 is 1.70 bits per heavy atom. The zero-order valence-electron chi connectivity index (χ0n) is 14.2. The molecule has 10 heteroatoms. The molecule has 0 bridgehead atoms. The van der Waals surface area contributed by atoms with Gasteiger partial charge in [-0.25, -0.2) is 0 Å². The second-order valence-corrected chi connectivity index (χ2v) is 7.56. The maximum atomic E-state index is 5.65. The Hall–Kier alpha value is -2.98. The molecule has 27 heavy (non-hydrogen) atoms. The van der Waals surface area contributed by atoms with E-state index in [1.807, 2.05) is 36.4 Å². The van der Waals surface area contributed by atoms with Crippen molar-refractivity contribution in [2.24, 2.45) is 0 Å². The Morgan fingerprint density at radius 3 is 2.41 bits per heavy atom. The Balaban J connectivity index is 1.64. The zero-order chi connectivity index (χ0) is 18.6. The highest BCUT2D eigenvalue weighted by molar-refractivity contribution is 7.98. The van der Waals surface area contributed by atoms with Crippen LogP contribution in [0.4, 0.5) is 11.9 Å². The summed E-state index contributed by atoms with van der Waals surface area (Å²) in [6, 6.07) is 14.2. The summed E-state index contributed by atoms with van der Waals surface area (Å²) in [5, 5.41) is 11.6. The van der Waals surface area contributed by atoms with Gasteiger partial charge in [-0.3, -0.25) is 4.57 Å². The van der Waals surface area contributed by atoms with Crippen LogP contribution < -0.4 is 11.5 Å². The maximum absolute atomic E-state index is 5.65. The van der Waals surface area contributed by atoms with Gasteiger partial charge < -0.3 is 11.5 Å². The maximum Gasteiger partial charge on any atom is 0.225 e. The van der Waals surface area contributed by atoms with Crippen LogP contribution in [-0.4, -0.2) is 29.7 Å². The molecule has 4 aromatic rings. The Kier molecular flexibility index (Phi) is 4.99. The van der Waals surface area contributed by atoms with Gasteiger partial charge in [0.25, 0.3) is 0 Å². The smallest absolute Gasteiger partial charge is 0.225 e. The van der Waals surface area contributed by atoms with E-state index in [4.69, 9.17) is 11.5 Å². The summed E-state index contributed by atoms with van der Waals surface area (Å²) in [6.45, 7) is 0. The van der Waals surface area contributed by atoms with E-state index in [0.717, 1.165) is 16.7 Å². The minimum Gasteiger partial charge on any atom is -0.368 e. The van der Waals surface area contributed by atoms with Crippen molar-refractivity contribution in [2.75, 3.05) is 11.5 Å². The quantitative estimate of drug-likeness (QED) is 0.477. The van der Waals surface area contributed by atoms with E-state index in [9.17, 15) is 0 Å². The second kappa shape index (κ2) is 7.72. The van der Waals surface area contributed by atoms with Gasteiger partial charge in [0.15, 0.2) is 5.16 Å². The molecule has 136 valence electrons. The summed E-state index contributed by atoms with van der Waals surface area (Å²) >= 11 is 3.18. The van der Waals surface area contributed by atoms with Crippen LogP contribution in [0, 0.1) is 0 Å². The van der Waals surface area contributed by atoms with Gasteiger partial charge in [0, 0.05) is 17.0 Å². The van der Waals surface area contributed by atoms with Crippen LogP contribution in [0.5, 0.6) is 0 Å². The molecule has 0 fully saturated rings. The van der Waals surface area contributed by atoms with Crippen LogP contribution in [0.2, 0.25) is 0 Å². The van der Waals surface area contributed by atoms with E-state index in [0.29, 0.717) is 18.0 Å². The van der Waals surface area contributed by atoms with Gasteiger partial charge in [-0.1, -0.05) is 36.0 Å². The predicted octanol–water partition coefficient (Wildman–Crippen LogP) is 2.56. The molecular formula is C17H16N8S2. The molecule has 1 aromatic carbocycles. The average Bonchev–Trinajstić information content (AvgIpc) is 3.30. The van der Waals surface area contributed by atoms with Crippen LogP contribution in [-0.2, 0) is 12.2 Å². The summed E-state index contributed by atoms with van der Waals surface area (Å²) in [4.78, 5) is 13.3. The van der Waals surface area contributed by atoms with E-state index >= 15 is 0 Å². The lowest BCUT2D eigenvalue weighted by atomic mass is 10.3. The first-order valence-electron chi connectivity index (χ1n) is 8.10. The van der Waals surface area contributed by atoms with Crippen molar-refractivity contribution in [3.05, 3.63) is 64.4 Å². The van der Waals surface area contributed by atoms with Gasteiger partial charge in [-0.15, -0.1) is 21.5 Å². The highest BCUT2D eigenvalue weighted by atomic mass is 32.2. The number of anilines is 2. The molecule has 8 nitrogen and oxygen atoms in total. The molecule has 0 saturated heterocycles. The highest BCUT2D eigenvalue weighted by Gasteiger charge is 2.16. The van der Waals surface area contributed by atoms with Crippen molar-refractivity contribution in [2.45, 2.75) is 17.3 Å². The molecule has 0 atom stereocenters. The molecule has 0 amide bonds. The number of aromatic nitrogens is 6. The fraction of sp³-hybridized carbons (Fsp3) is 0.118. The first kappa shape index (κ1) is 17.4. The topological polar surface area (TPSA) is 121 Å². The zero-order valence-corrected chi connectivity index (χ0v) is 15.8.